The molecule has 0 atom stereocenters. The quantitative estimate of drug-likeness (QED) is 0.459. The molecule has 1 saturated carbocycles. The highest BCUT2D eigenvalue weighted by atomic mass is 35.5. The van der Waals surface area contributed by atoms with E-state index in [9.17, 15) is 0 Å². The minimum atomic E-state index is -0.437. The van der Waals surface area contributed by atoms with Crippen molar-refractivity contribution in [2.24, 2.45) is 0 Å². The molecule has 9 heteroatoms. The number of halogens is 7. The lowest BCUT2D eigenvalue weighted by atomic mass is 9.97. The molecule has 1 fully saturated rings. The Hall–Kier alpha value is 2.52. The van der Waals surface area contributed by atoms with Gasteiger partial charge in [-0.15, -0.1) is 82.0 Å². The van der Waals surface area contributed by atoms with E-state index in [4.69, 9.17) is 69.6 Å². The maximum absolute atomic E-state index is 5.88. The molecule has 15 heavy (non-hydrogen) atoms. The number of alkyl halides is 6. The van der Waals surface area contributed by atoms with Crippen molar-refractivity contribution in [2.75, 3.05) is 0 Å². The summed E-state index contributed by atoms with van der Waals surface area (Å²) in [6, 6.07) is 0. The standard InChI is InChI=1S/C6H6Cl6.Al.ClH.H2O.3H/c7-1-2(8)4(10)6(12)5(11)3(1)9;;;;;;/h1-6H;;1H;1H2;;;/t1-,2-,3-,4+,5+,6+;;;;;;. The summed E-state index contributed by atoms with van der Waals surface area (Å²) in [5.74, 6) is 0. The molecule has 2 N–H and O–H groups in total. The van der Waals surface area contributed by atoms with Crippen molar-refractivity contribution in [3.8, 4) is 0 Å². The molecule has 0 unspecified atom stereocenters. The predicted octanol–water partition coefficient (Wildman–Crippen LogP) is 2.06. The van der Waals surface area contributed by atoms with Crippen LogP contribution >= 0.6 is 82.0 Å². The van der Waals surface area contributed by atoms with Crippen molar-refractivity contribution in [1.29, 1.82) is 0 Å². The molecule has 1 rings (SSSR count). The third-order valence-electron chi connectivity index (χ3n) is 1.83. The zero-order chi connectivity index (χ0) is 9.46. The second-order valence-corrected chi connectivity index (χ2v) is 5.69. The Balaban J connectivity index is -0.000000480. The monoisotopic (exact) mass is 372 g/mol. The second kappa shape index (κ2) is 9.45. The van der Waals surface area contributed by atoms with E-state index in [-0.39, 0.29) is 35.2 Å². The molecule has 0 saturated heterocycles. The Morgan fingerprint density at radius 2 is 0.533 bits per heavy atom. The Kier molecular flexibility index (Phi) is 14.3. The van der Waals surface area contributed by atoms with Gasteiger partial charge in [0.2, 0.25) is 0 Å². The van der Waals surface area contributed by atoms with Crippen LogP contribution in [-0.2, 0) is 0 Å². The van der Waals surface area contributed by atoms with Crippen molar-refractivity contribution in [3.05, 3.63) is 0 Å². The fourth-order valence-electron chi connectivity index (χ4n) is 1.05. The largest absolute Gasteiger partial charge is 0.412 e. The SMILES string of the molecule is Cl.Cl[C@H]1[C@H](Cl)[C@@H](Cl)[C@@H](Cl)[C@H](Cl)[C@H]1Cl.O.[AlH3]. The highest BCUT2D eigenvalue weighted by Gasteiger charge is 2.46. The Morgan fingerprint density at radius 3 is 0.600 bits per heavy atom. The minimum absolute atomic E-state index is 0. The lowest BCUT2D eigenvalue weighted by Gasteiger charge is -2.37. The summed E-state index contributed by atoms with van der Waals surface area (Å²) < 4.78 is 0. The Morgan fingerprint density at radius 1 is 0.467 bits per heavy atom. The fraction of sp³-hybridized carbons (Fsp3) is 1.00. The van der Waals surface area contributed by atoms with E-state index in [0.29, 0.717) is 0 Å². The van der Waals surface area contributed by atoms with Gasteiger partial charge in [-0.2, -0.15) is 0 Å². The number of rotatable bonds is 0. The first kappa shape index (κ1) is 22.7. The molecule has 1 nitrogen and oxygen atoms in total. The average Bonchev–Trinajstić information content (AvgIpc) is 2.08. The average molecular weight is 375 g/mol. The maximum atomic E-state index is 5.88. The first-order valence-electron chi connectivity index (χ1n) is 3.31. The highest BCUT2D eigenvalue weighted by Crippen LogP contribution is 2.39. The van der Waals surface area contributed by atoms with Gasteiger partial charge in [0.25, 0.3) is 0 Å². The van der Waals surface area contributed by atoms with Crippen molar-refractivity contribution < 1.29 is 5.48 Å². The molecular formula is C6H12AlCl7O. The van der Waals surface area contributed by atoms with Crippen LogP contribution in [0, 0.1) is 0 Å². The third-order valence-corrected chi connectivity index (χ3v) is 5.86. The third kappa shape index (κ3) is 4.95. The van der Waals surface area contributed by atoms with Gasteiger partial charge in [0.15, 0.2) is 17.4 Å². The van der Waals surface area contributed by atoms with Crippen molar-refractivity contribution in [3.63, 3.8) is 0 Å². The van der Waals surface area contributed by atoms with Gasteiger partial charge in [-0.25, -0.2) is 0 Å². The molecule has 0 aromatic rings. The maximum Gasteiger partial charge on any atom is 0.187 e. The molecule has 1 aliphatic rings. The van der Waals surface area contributed by atoms with E-state index in [1.807, 2.05) is 0 Å². The van der Waals surface area contributed by atoms with Crippen molar-refractivity contribution in [2.45, 2.75) is 32.3 Å². The lowest BCUT2D eigenvalue weighted by molar-refractivity contribution is 0.544. The van der Waals surface area contributed by atoms with E-state index in [0.717, 1.165) is 0 Å². The van der Waals surface area contributed by atoms with Crippen LogP contribution in [0.4, 0.5) is 0 Å². The first-order valence-corrected chi connectivity index (χ1v) is 5.93. The van der Waals surface area contributed by atoms with Gasteiger partial charge in [0, 0.05) is 0 Å². The van der Waals surface area contributed by atoms with Gasteiger partial charge >= 0.3 is 0 Å². The number of hydrogen-bond donors (Lipinski definition) is 0. The molecule has 0 aromatic carbocycles. The van der Waals surface area contributed by atoms with Crippen LogP contribution in [0.3, 0.4) is 0 Å². The summed E-state index contributed by atoms with van der Waals surface area (Å²) in [5.41, 5.74) is 0. The van der Waals surface area contributed by atoms with Crippen molar-refractivity contribution >= 4 is 99.4 Å². The van der Waals surface area contributed by atoms with Gasteiger partial charge in [-0.3, -0.25) is 0 Å². The molecule has 0 spiro atoms. The molecule has 0 amide bonds. The fourth-order valence-corrected chi connectivity index (χ4v) is 3.38. The summed E-state index contributed by atoms with van der Waals surface area (Å²) in [6.45, 7) is 0. The van der Waals surface area contributed by atoms with Crippen LogP contribution in [0.2, 0.25) is 0 Å². The molecule has 0 radical (unpaired) electrons. The van der Waals surface area contributed by atoms with Crippen LogP contribution in [0.5, 0.6) is 0 Å². The van der Waals surface area contributed by atoms with Crippen LogP contribution < -0.4 is 0 Å². The van der Waals surface area contributed by atoms with E-state index in [1.54, 1.807) is 0 Å². The normalized spacial score (nSPS) is 44.4. The second-order valence-electron chi connectivity index (χ2n) is 2.67. The van der Waals surface area contributed by atoms with Crippen LogP contribution in [0.15, 0.2) is 0 Å². The summed E-state index contributed by atoms with van der Waals surface area (Å²) in [5, 5.41) is -2.62. The highest BCUT2D eigenvalue weighted by molar-refractivity contribution is 6.45. The summed E-state index contributed by atoms with van der Waals surface area (Å²) >= 11 is 35.3. The topological polar surface area (TPSA) is 31.5 Å². The van der Waals surface area contributed by atoms with E-state index in [1.165, 1.54) is 0 Å². The zero-order valence-corrected chi connectivity index (χ0v) is 12.0. The van der Waals surface area contributed by atoms with Gasteiger partial charge in [0.1, 0.15) is 0 Å². The molecule has 0 heterocycles. The van der Waals surface area contributed by atoms with Gasteiger partial charge in [0.05, 0.1) is 32.3 Å². The molecular weight excluding hydrogens is 363 g/mol. The Labute approximate surface area is 136 Å². The van der Waals surface area contributed by atoms with Crippen LogP contribution in [-0.4, -0.2) is 55.1 Å². The minimum Gasteiger partial charge on any atom is -0.412 e. The van der Waals surface area contributed by atoms with Gasteiger partial charge < -0.3 is 5.48 Å². The van der Waals surface area contributed by atoms with Crippen LogP contribution in [0.1, 0.15) is 0 Å². The smallest absolute Gasteiger partial charge is 0.187 e. The first-order chi connectivity index (χ1) is 5.46. The molecule has 0 bridgehead atoms. The van der Waals surface area contributed by atoms with Crippen LogP contribution in [0.25, 0.3) is 0 Å². The van der Waals surface area contributed by atoms with Gasteiger partial charge in [-0.05, 0) is 0 Å². The molecule has 0 aliphatic heterocycles. The number of hydrogen-bond acceptors (Lipinski definition) is 0. The summed E-state index contributed by atoms with van der Waals surface area (Å²) in [7, 11) is 0. The van der Waals surface area contributed by atoms with Gasteiger partial charge in [-0.1, -0.05) is 0 Å². The predicted molar refractivity (Wildman–Crippen MR) is 78.6 cm³/mol. The Bertz CT molecular complexity index is 115. The summed E-state index contributed by atoms with van der Waals surface area (Å²) in [6.07, 6.45) is 0. The zero-order valence-electron chi connectivity index (χ0n) is 6.64. The van der Waals surface area contributed by atoms with E-state index < -0.39 is 32.3 Å². The lowest BCUT2D eigenvalue weighted by Crippen LogP contribution is -2.52. The van der Waals surface area contributed by atoms with Crippen molar-refractivity contribution in [1.82, 2.24) is 0 Å². The van der Waals surface area contributed by atoms with E-state index >= 15 is 0 Å². The molecule has 0 aromatic heterocycles. The molecule has 1 aliphatic carbocycles. The van der Waals surface area contributed by atoms with E-state index in [2.05, 4.69) is 0 Å². The molecule has 94 valence electrons. The summed E-state index contributed by atoms with van der Waals surface area (Å²) in [4.78, 5) is 0.